The zero-order chi connectivity index (χ0) is 15.1. The molecule has 0 aromatic heterocycles. The van der Waals surface area contributed by atoms with Gasteiger partial charge in [0.15, 0.2) is 11.5 Å². The molecule has 112 valence electrons. The molecule has 4 N–H and O–H groups in total. The van der Waals surface area contributed by atoms with E-state index in [0.717, 1.165) is 6.42 Å². The van der Waals surface area contributed by atoms with E-state index in [1.807, 2.05) is 0 Å². The number of nitrogens with one attached hydrogen (secondary N) is 1. The number of ether oxygens (including phenoxy) is 1. The first-order valence-electron chi connectivity index (χ1n) is 6.83. The van der Waals surface area contributed by atoms with Crippen molar-refractivity contribution in [1.82, 2.24) is 0 Å². The van der Waals surface area contributed by atoms with Gasteiger partial charge in [-0.05, 0) is 36.9 Å². The molecular weight excluding hydrogens is 256 g/mol. The summed E-state index contributed by atoms with van der Waals surface area (Å²) in [5.41, 5.74) is 6.24. The van der Waals surface area contributed by atoms with E-state index in [0.29, 0.717) is 30.3 Å². The molecule has 0 spiro atoms. The van der Waals surface area contributed by atoms with Crippen molar-refractivity contribution in [1.29, 1.82) is 0 Å². The molecule has 0 radical (unpaired) electrons. The van der Waals surface area contributed by atoms with Gasteiger partial charge in [-0.3, -0.25) is 4.79 Å². The molecule has 1 aromatic carbocycles. The summed E-state index contributed by atoms with van der Waals surface area (Å²) in [5.74, 6) is 0.986. The lowest BCUT2D eigenvalue weighted by Gasteiger charge is -2.16. The summed E-state index contributed by atoms with van der Waals surface area (Å²) in [6, 6.07) is 4.77. The maximum Gasteiger partial charge on any atom is 0.224 e. The number of carbonyl (C=O) groups is 1. The Kier molecular flexibility index (Phi) is 6.31. The highest BCUT2D eigenvalue weighted by Crippen LogP contribution is 2.28. The fourth-order valence-electron chi connectivity index (χ4n) is 2.17. The van der Waals surface area contributed by atoms with E-state index in [2.05, 4.69) is 19.2 Å². The Morgan fingerprint density at radius 3 is 2.65 bits per heavy atom. The van der Waals surface area contributed by atoms with E-state index < -0.39 is 0 Å². The van der Waals surface area contributed by atoms with Crippen molar-refractivity contribution in [3.63, 3.8) is 0 Å². The second-order valence-corrected chi connectivity index (χ2v) is 5.37. The van der Waals surface area contributed by atoms with E-state index in [9.17, 15) is 9.90 Å². The van der Waals surface area contributed by atoms with Gasteiger partial charge in [0.25, 0.3) is 0 Å². The van der Waals surface area contributed by atoms with E-state index in [-0.39, 0.29) is 17.6 Å². The maximum atomic E-state index is 11.9. The summed E-state index contributed by atoms with van der Waals surface area (Å²) >= 11 is 0. The van der Waals surface area contributed by atoms with Crippen molar-refractivity contribution in [2.75, 3.05) is 19.0 Å². The minimum absolute atomic E-state index is 0.00264. The van der Waals surface area contributed by atoms with Crippen LogP contribution in [-0.4, -0.2) is 24.7 Å². The topological polar surface area (TPSA) is 84.6 Å². The minimum atomic E-state index is -0.0920. The Labute approximate surface area is 120 Å². The lowest BCUT2D eigenvalue weighted by Crippen LogP contribution is -2.23. The molecule has 20 heavy (non-hydrogen) atoms. The van der Waals surface area contributed by atoms with Gasteiger partial charge in [0.2, 0.25) is 5.91 Å². The van der Waals surface area contributed by atoms with Crippen LogP contribution in [0.4, 0.5) is 5.69 Å². The number of amides is 1. The predicted octanol–water partition coefficient (Wildman–Crippen LogP) is 2.35. The number of nitrogens with two attached hydrogens (primary N) is 1. The Bertz CT molecular complexity index is 447. The zero-order valence-corrected chi connectivity index (χ0v) is 12.3. The highest BCUT2D eigenvalue weighted by Gasteiger charge is 2.14. The number of anilines is 1. The molecule has 5 nitrogen and oxygen atoms in total. The van der Waals surface area contributed by atoms with Crippen molar-refractivity contribution in [3.8, 4) is 11.5 Å². The maximum absolute atomic E-state index is 11.9. The lowest BCUT2D eigenvalue weighted by atomic mass is 9.94. The van der Waals surface area contributed by atoms with Crippen molar-refractivity contribution in [3.05, 3.63) is 18.2 Å². The van der Waals surface area contributed by atoms with Crippen LogP contribution in [0.25, 0.3) is 0 Å². The van der Waals surface area contributed by atoms with Gasteiger partial charge in [-0.15, -0.1) is 0 Å². The SMILES string of the molecule is COc1ccc(NC(=O)C[C@@H](CN)CC(C)C)cc1O. The van der Waals surface area contributed by atoms with E-state index in [4.69, 9.17) is 10.5 Å². The summed E-state index contributed by atoms with van der Waals surface area (Å²) in [4.78, 5) is 11.9. The normalized spacial score (nSPS) is 12.2. The number of hydrogen-bond acceptors (Lipinski definition) is 4. The van der Waals surface area contributed by atoms with Gasteiger partial charge in [-0.1, -0.05) is 13.8 Å². The molecule has 5 heteroatoms. The van der Waals surface area contributed by atoms with Crippen LogP contribution in [0.5, 0.6) is 11.5 Å². The summed E-state index contributed by atoms with van der Waals surface area (Å²) in [6.45, 7) is 4.73. The number of phenolic OH excluding ortho intramolecular Hbond substituents is 1. The average Bonchev–Trinajstić information content (AvgIpc) is 2.37. The Hall–Kier alpha value is -1.75. The molecule has 0 aliphatic rings. The Balaban J connectivity index is 2.59. The third kappa shape index (κ3) is 5.09. The van der Waals surface area contributed by atoms with Gasteiger partial charge >= 0.3 is 0 Å². The fraction of sp³-hybridized carbons (Fsp3) is 0.533. The monoisotopic (exact) mass is 280 g/mol. The molecule has 0 bridgehead atoms. The van der Waals surface area contributed by atoms with E-state index in [1.165, 1.54) is 13.2 Å². The quantitative estimate of drug-likeness (QED) is 0.715. The van der Waals surface area contributed by atoms with E-state index in [1.54, 1.807) is 12.1 Å². The molecule has 0 saturated carbocycles. The molecule has 0 heterocycles. The van der Waals surface area contributed by atoms with Crippen LogP contribution < -0.4 is 15.8 Å². The molecule has 1 aromatic rings. The van der Waals surface area contributed by atoms with Crippen LogP contribution in [0.15, 0.2) is 18.2 Å². The number of benzene rings is 1. The second kappa shape index (κ2) is 7.75. The van der Waals surface area contributed by atoms with Gasteiger partial charge in [-0.2, -0.15) is 0 Å². The standard InChI is InChI=1S/C15H24N2O3/c1-10(2)6-11(9-16)7-15(19)17-12-4-5-14(20-3)13(18)8-12/h4-5,8,10-11,18H,6-7,9,16H2,1-3H3,(H,17,19)/t11-/m0/s1. The molecule has 0 aliphatic carbocycles. The first-order valence-corrected chi connectivity index (χ1v) is 6.83. The van der Waals surface area contributed by atoms with Crippen LogP contribution in [-0.2, 0) is 4.79 Å². The summed E-state index contributed by atoms with van der Waals surface area (Å²) in [6.07, 6.45) is 1.32. The number of methoxy groups -OCH3 is 1. The highest BCUT2D eigenvalue weighted by molar-refractivity contribution is 5.91. The number of carbonyl (C=O) groups excluding carboxylic acids is 1. The van der Waals surface area contributed by atoms with Gasteiger partial charge in [-0.25, -0.2) is 0 Å². The fourth-order valence-corrected chi connectivity index (χ4v) is 2.17. The van der Waals surface area contributed by atoms with Crippen molar-refractivity contribution < 1.29 is 14.6 Å². The molecule has 0 aliphatic heterocycles. The molecule has 1 atom stereocenters. The van der Waals surface area contributed by atoms with Crippen molar-refractivity contribution >= 4 is 11.6 Å². The van der Waals surface area contributed by atoms with Crippen LogP contribution in [0.3, 0.4) is 0 Å². The number of phenols is 1. The van der Waals surface area contributed by atoms with Gasteiger partial charge in [0.05, 0.1) is 7.11 Å². The van der Waals surface area contributed by atoms with Crippen LogP contribution >= 0.6 is 0 Å². The molecule has 0 unspecified atom stereocenters. The molecule has 0 fully saturated rings. The van der Waals surface area contributed by atoms with Gasteiger partial charge < -0.3 is 20.9 Å². The Morgan fingerprint density at radius 1 is 1.45 bits per heavy atom. The molecule has 1 rings (SSSR count). The second-order valence-electron chi connectivity index (χ2n) is 5.37. The predicted molar refractivity (Wildman–Crippen MR) is 79.9 cm³/mol. The van der Waals surface area contributed by atoms with Gasteiger partial charge in [0.1, 0.15) is 0 Å². The first kappa shape index (κ1) is 16.3. The van der Waals surface area contributed by atoms with Crippen LogP contribution in [0, 0.1) is 11.8 Å². The number of hydrogen-bond donors (Lipinski definition) is 3. The minimum Gasteiger partial charge on any atom is -0.504 e. The van der Waals surface area contributed by atoms with E-state index >= 15 is 0 Å². The van der Waals surface area contributed by atoms with Crippen LogP contribution in [0.1, 0.15) is 26.7 Å². The smallest absolute Gasteiger partial charge is 0.224 e. The lowest BCUT2D eigenvalue weighted by molar-refractivity contribution is -0.117. The van der Waals surface area contributed by atoms with Crippen molar-refractivity contribution in [2.45, 2.75) is 26.7 Å². The third-order valence-corrected chi connectivity index (χ3v) is 3.07. The van der Waals surface area contributed by atoms with Crippen LogP contribution in [0.2, 0.25) is 0 Å². The Morgan fingerprint density at radius 2 is 2.15 bits per heavy atom. The summed E-state index contributed by atoms with van der Waals surface area (Å²) in [7, 11) is 1.48. The third-order valence-electron chi connectivity index (χ3n) is 3.07. The molecule has 0 saturated heterocycles. The highest BCUT2D eigenvalue weighted by atomic mass is 16.5. The summed E-state index contributed by atoms with van der Waals surface area (Å²) < 4.78 is 4.95. The first-order chi connectivity index (χ1) is 9.46. The number of aromatic hydroxyl groups is 1. The average molecular weight is 280 g/mol. The molecular formula is C15H24N2O3. The largest absolute Gasteiger partial charge is 0.504 e. The summed E-state index contributed by atoms with van der Waals surface area (Å²) in [5, 5.41) is 12.4. The zero-order valence-electron chi connectivity index (χ0n) is 12.3. The molecule has 1 amide bonds. The number of rotatable bonds is 7. The van der Waals surface area contributed by atoms with Crippen molar-refractivity contribution in [2.24, 2.45) is 17.6 Å². The van der Waals surface area contributed by atoms with Gasteiger partial charge in [0, 0.05) is 18.2 Å².